The lowest BCUT2D eigenvalue weighted by atomic mass is 10.2. The van der Waals surface area contributed by atoms with Gasteiger partial charge in [-0.2, -0.15) is 0 Å². The van der Waals surface area contributed by atoms with E-state index in [0.717, 1.165) is 11.1 Å². The van der Waals surface area contributed by atoms with Crippen molar-refractivity contribution in [3.05, 3.63) is 93.7 Å². The Bertz CT molecular complexity index is 937. The first-order valence-corrected chi connectivity index (χ1v) is 7.92. The Hall–Kier alpha value is -3.41. The highest BCUT2D eigenvalue weighted by Crippen LogP contribution is 2.17. The summed E-state index contributed by atoms with van der Waals surface area (Å²) in [6, 6.07) is 18.7. The summed E-state index contributed by atoms with van der Waals surface area (Å²) < 4.78 is 2.74. The summed E-state index contributed by atoms with van der Waals surface area (Å²) in [5.41, 5.74) is 1.68. The van der Waals surface area contributed by atoms with Crippen LogP contribution >= 0.6 is 0 Å². The van der Waals surface area contributed by atoms with E-state index in [1.54, 1.807) is 0 Å². The lowest BCUT2D eigenvalue weighted by Crippen LogP contribution is -2.33. The molecule has 0 radical (unpaired) electrons. The van der Waals surface area contributed by atoms with Gasteiger partial charge in [0.2, 0.25) is 0 Å². The molecule has 0 saturated carbocycles. The number of imide groups is 1. The third kappa shape index (κ3) is 2.57. The molecule has 1 aromatic heterocycles. The van der Waals surface area contributed by atoms with Gasteiger partial charge >= 0.3 is 5.69 Å². The van der Waals surface area contributed by atoms with Gasteiger partial charge in [-0.1, -0.05) is 60.7 Å². The van der Waals surface area contributed by atoms with E-state index in [1.165, 1.54) is 9.13 Å². The van der Waals surface area contributed by atoms with Crippen molar-refractivity contribution < 1.29 is 9.59 Å². The van der Waals surface area contributed by atoms with Gasteiger partial charge in [0.1, 0.15) is 11.4 Å². The van der Waals surface area contributed by atoms with Crippen molar-refractivity contribution in [3.8, 4) is 0 Å². The molecule has 3 aromatic rings. The molecule has 2 heterocycles. The Morgan fingerprint density at radius 2 is 1.04 bits per heavy atom. The average molecular weight is 333 g/mol. The number of hydrogen-bond acceptors (Lipinski definition) is 3. The van der Waals surface area contributed by atoms with Gasteiger partial charge in [-0.15, -0.1) is 0 Å². The summed E-state index contributed by atoms with van der Waals surface area (Å²) in [7, 11) is 0. The molecule has 0 bridgehead atoms. The summed E-state index contributed by atoms with van der Waals surface area (Å²) in [5.74, 6) is -1.06. The largest absolute Gasteiger partial charge is 0.330 e. The van der Waals surface area contributed by atoms with Gasteiger partial charge < -0.3 is 0 Å². The Kier molecular flexibility index (Phi) is 3.57. The predicted molar refractivity (Wildman–Crippen MR) is 91.6 cm³/mol. The molecule has 2 amide bonds. The van der Waals surface area contributed by atoms with E-state index in [1.807, 2.05) is 60.7 Å². The van der Waals surface area contributed by atoms with Crippen LogP contribution in [0.5, 0.6) is 0 Å². The topological polar surface area (TPSA) is 73.1 Å². The van der Waals surface area contributed by atoms with Gasteiger partial charge in [0, 0.05) is 0 Å². The van der Waals surface area contributed by atoms with Crippen molar-refractivity contribution in [2.75, 3.05) is 0 Å². The number of nitrogens with one attached hydrogen (secondary N) is 1. The molecule has 0 fully saturated rings. The molecule has 0 unspecified atom stereocenters. The van der Waals surface area contributed by atoms with Gasteiger partial charge in [0.15, 0.2) is 0 Å². The fourth-order valence-electron chi connectivity index (χ4n) is 3.10. The van der Waals surface area contributed by atoms with Crippen molar-refractivity contribution in [1.82, 2.24) is 14.5 Å². The number of amides is 2. The van der Waals surface area contributed by atoms with Gasteiger partial charge in [-0.25, -0.2) is 4.79 Å². The van der Waals surface area contributed by atoms with Crippen LogP contribution in [0, 0.1) is 0 Å². The molecule has 1 N–H and O–H groups in total. The predicted octanol–water partition coefficient (Wildman–Crippen LogP) is 1.63. The Labute approximate surface area is 143 Å². The molecule has 6 nitrogen and oxygen atoms in total. The zero-order valence-corrected chi connectivity index (χ0v) is 13.3. The molecule has 1 aliphatic heterocycles. The van der Waals surface area contributed by atoms with Crippen LogP contribution in [0.1, 0.15) is 32.1 Å². The van der Waals surface area contributed by atoms with E-state index in [2.05, 4.69) is 5.32 Å². The molecule has 124 valence electrons. The zero-order chi connectivity index (χ0) is 17.4. The quantitative estimate of drug-likeness (QED) is 0.738. The number of imidazole rings is 1. The van der Waals surface area contributed by atoms with Crippen molar-refractivity contribution in [3.63, 3.8) is 0 Å². The SMILES string of the molecule is O=C1NC(=O)c2c1n(Cc1ccccc1)c(=O)n2Cc1ccccc1. The number of nitrogens with zero attached hydrogens (tertiary/aromatic N) is 2. The molecule has 0 saturated heterocycles. The van der Waals surface area contributed by atoms with Crippen LogP contribution in [0.3, 0.4) is 0 Å². The lowest BCUT2D eigenvalue weighted by molar-refractivity contribution is 0.0871. The summed E-state index contributed by atoms with van der Waals surface area (Å²) in [6.45, 7) is 0.481. The maximum atomic E-state index is 12.9. The highest BCUT2D eigenvalue weighted by atomic mass is 16.2. The molecular weight excluding hydrogens is 318 g/mol. The number of fused-ring (bicyclic) bond motifs is 1. The second kappa shape index (κ2) is 5.90. The monoisotopic (exact) mass is 333 g/mol. The van der Waals surface area contributed by atoms with Crippen molar-refractivity contribution >= 4 is 11.8 Å². The minimum atomic E-state index is -0.528. The fraction of sp³-hybridized carbons (Fsp3) is 0.105. The van der Waals surface area contributed by atoms with Crippen LogP contribution in [0.25, 0.3) is 0 Å². The summed E-state index contributed by atoms with van der Waals surface area (Å²) in [6.07, 6.45) is 0. The number of carbonyl (C=O) groups is 2. The van der Waals surface area contributed by atoms with Crippen molar-refractivity contribution in [2.45, 2.75) is 13.1 Å². The molecule has 25 heavy (non-hydrogen) atoms. The number of rotatable bonds is 4. The van der Waals surface area contributed by atoms with E-state index in [0.29, 0.717) is 0 Å². The maximum absolute atomic E-state index is 12.9. The highest BCUT2D eigenvalue weighted by Gasteiger charge is 2.36. The fourth-order valence-corrected chi connectivity index (χ4v) is 3.10. The molecule has 0 atom stereocenters. The van der Waals surface area contributed by atoms with E-state index >= 15 is 0 Å². The summed E-state index contributed by atoms with van der Waals surface area (Å²) in [5, 5.41) is 2.28. The Morgan fingerprint density at radius 1 is 0.640 bits per heavy atom. The third-order valence-electron chi connectivity index (χ3n) is 4.25. The smallest absolute Gasteiger partial charge is 0.285 e. The van der Waals surface area contributed by atoms with Crippen LogP contribution < -0.4 is 11.0 Å². The molecular formula is C19H15N3O3. The Morgan fingerprint density at radius 3 is 1.44 bits per heavy atom. The van der Waals surface area contributed by atoms with E-state index < -0.39 is 11.8 Å². The first kappa shape index (κ1) is 15.1. The number of benzene rings is 2. The first-order chi connectivity index (χ1) is 12.1. The summed E-state index contributed by atoms with van der Waals surface area (Å²) in [4.78, 5) is 37.3. The van der Waals surface area contributed by atoms with Crippen LogP contribution in [-0.2, 0) is 13.1 Å². The van der Waals surface area contributed by atoms with Crippen molar-refractivity contribution in [1.29, 1.82) is 0 Å². The van der Waals surface area contributed by atoms with Crippen LogP contribution in [0.2, 0.25) is 0 Å². The summed E-state index contributed by atoms with van der Waals surface area (Å²) >= 11 is 0. The molecule has 0 spiro atoms. The number of carbonyl (C=O) groups excluding carboxylic acids is 2. The lowest BCUT2D eigenvalue weighted by Gasteiger charge is -2.06. The van der Waals surface area contributed by atoms with Crippen molar-refractivity contribution in [2.24, 2.45) is 0 Å². The second-order valence-corrected chi connectivity index (χ2v) is 5.91. The standard InChI is InChI=1S/C19H15N3O3/c23-17-15-16(18(24)20-17)22(12-14-9-5-2-6-10-14)19(25)21(15)11-13-7-3-1-4-8-13/h1-10H,11-12H2,(H,20,23,24). The molecule has 6 heteroatoms. The molecule has 0 aliphatic carbocycles. The van der Waals surface area contributed by atoms with E-state index in [-0.39, 0.29) is 30.2 Å². The average Bonchev–Trinajstić information content (AvgIpc) is 3.06. The third-order valence-corrected chi connectivity index (χ3v) is 4.25. The second-order valence-electron chi connectivity index (χ2n) is 5.91. The minimum Gasteiger partial charge on any atom is -0.285 e. The van der Waals surface area contributed by atoms with Crippen LogP contribution in [0.4, 0.5) is 0 Å². The first-order valence-electron chi connectivity index (χ1n) is 7.92. The van der Waals surface area contributed by atoms with E-state index in [9.17, 15) is 14.4 Å². The highest BCUT2D eigenvalue weighted by molar-refractivity contribution is 6.20. The van der Waals surface area contributed by atoms with Crippen LogP contribution in [0.15, 0.2) is 65.5 Å². The van der Waals surface area contributed by atoms with E-state index in [4.69, 9.17) is 0 Å². The normalized spacial score (nSPS) is 13.0. The maximum Gasteiger partial charge on any atom is 0.330 e. The minimum absolute atomic E-state index is 0.134. The van der Waals surface area contributed by atoms with Gasteiger partial charge in [0.25, 0.3) is 11.8 Å². The number of aromatic nitrogens is 2. The molecule has 4 rings (SSSR count). The molecule has 2 aromatic carbocycles. The molecule has 1 aliphatic rings. The van der Waals surface area contributed by atoms with Gasteiger partial charge in [-0.05, 0) is 11.1 Å². The number of hydrogen-bond donors (Lipinski definition) is 1. The van der Waals surface area contributed by atoms with Gasteiger partial charge in [-0.3, -0.25) is 24.0 Å². The zero-order valence-electron chi connectivity index (χ0n) is 13.3. The van der Waals surface area contributed by atoms with Crippen LogP contribution in [-0.4, -0.2) is 20.9 Å². The Balaban J connectivity index is 1.84. The van der Waals surface area contributed by atoms with Gasteiger partial charge in [0.05, 0.1) is 13.1 Å².